The van der Waals surface area contributed by atoms with Gasteiger partial charge in [-0.2, -0.15) is 0 Å². The van der Waals surface area contributed by atoms with Gasteiger partial charge in [-0.3, -0.25) is 0 Å². The first-order chi connectivity index (χ1) is 11.9. The molecule has 25 heavy (non-hydrogen) atoms. The van der Waals surface area contributed by atoms with E-state index >= 15 is 0 Å². The molecule has 1 aromatic heterocycles. The molecular formula is C24H23N. The van der Waals surface area contributed by atoms with E-state index in [9.17, 15) is 0 Å². The minimum absolute atomic E-state index is 0.0513. The number of fused-ring (bicyclic) bond motifs is 6. The minimum atomic E-state index is 0.0513. The van der Waals surface area contributed by atoms with E-state index in [2.05, 4.69) is 87.8 Å². The molecule has 0 bridgehead atoms. The van der Waals surface area contributed by atoms with Gasteiger partial charge in [0.2, 0.25) is 0 Å². The van der Waals surface area contributed by atoms with Gasteiger partial charge >= 0.3 is 0 Å². The van der Waals surface area contributed by atoms with Crippen molar-refractivity contribution in [1.29, 1.82) is 0 Å². The molecule has 1 aliphatic rings. The Bertz CT molecular complexity index is 1190. The lowest BCUT2D eigenvalue weighted by Crippen LogP contribution is -2.16. The Morgan fingerprint density at radius 2 is 1.56 bits per heavy atom. The van der Waals surface area contributed by atoms with Crippen LogP contribution < -0.4 is 0 Å². The fraction of sp³-hybridized carbons (Fsp3) is 0.250. The van der Waals surface area contributed by atoms with E-state index in [1.54, 1.807) is 0 Å². The molecule has 0 N–H and O–H groups in total. The van der Waals surface area contributed by atoms with Crippen molar-refractivity contribution < 1.29 is 0 Å². The van der Waals surface area contributed by atoms with E-state index in [4.69, 9.17) is 0 Å². The summed E-state index contributed by atoms with van der Waals surface area (Å²) in [6, 6.07) is 18.0. The molecule has 0 amide bonds. The van der Waals surface area contributed by atoms with Gasteiger partial charge in [0.05, 0.1) is 11.0 Å². The standard InChI is InChI=1S/C24H23N/c1-14-9-8-11-17-19-13-18-16-10-6-7-12-20(16)24(3,4)21(18)15(2)23(19)25(5)22(14)17/h6-13H,1-5H3. The summed E-state index contributed by atoms with van der Waals surface area (Å²) >= 11 is 0. The molecule has 124 valence electrons. The number of hydrogen-bond acceptors (Lipinski definition) is 0. The number of nitrogens with zero attached hydrogens (tertiary/aromatic N) is 1. The second-order valence-electron chi connectivity index (χ2n) is 8.02. The summed E-state index contributed by atoms with van der Waals surface area (Å²) in [5, 5.41) is 2.75. The highest BCUT2D eigenvalue weighted by atomic mass is 14.9. The largest absolute Gasteiger partial charge is 0.343 e. The predicted octanol–water partition coefficient (Wildman–Crippen LogP) is 6.25. The SMILES string of the molecule is Cc1cccc2c3cc4c(c(C)c3n(C)c12)C(C)(C)c1ccccc1-4. The van der Waals surface area contributed by atoms with Crippen LogP contribution in [0.2, 0.25) is 0 Å². The Kier molecular flexibility index (Phi) is 2.69. The van der Waals surface area contributed by atoms with Gasteiger partial charge in [-0.25, -0.2) is 0 Å². The average Bonchev–Trinajstić information content (AvgIpc) is 3.00. The van der Waals surface area contributed by atoms with Crippen LogP contribution in [0.1, 0.15) is 36.1 Å². The van der Waals surface area contributed by atoms with E-state index in [1.165, 1.54) is 55.2 Å². The third kappa shape index (κ3) is 1.64. The van der Waals surface area contributed by atoms with Crippen LogP contribution in [0.5, 0.6) is 0 Å². The van der Waals surface area contributed by atoms with E-state index in [-0.39, 0.29) is 5.41 Å². The van der Waals surface area contributed by atoms with Crippen LogP contribution in [-0.4, -0.2) is 4.57 Å². The summed E-state index contributed by atoms with van der Waals surface area (Å²) in [6.07, 6.45) is 0. The Hall–Kier alpha value is -2.54. The van der Waals surface area contributed by atoms with Crippen molar-refractivity contribution in [2.24, 2.45) is 7.05 Å². The molecule has 1 heteroatoms. The van der Waals surface area contributed by atoms with Crippen molar-refractivity contribution >= 4 is 21.8 Å². The van der Waals surface area contributed by atoms with Crippen LogP contribution in [0.4, 0.5) is 0 Å². The summed E-state index contributed by atoms with van der Waals surface area (Å²) in [5.74, 6) is 0. The Morgan fingerprint density at radius 3 is 2.36 bits per heavy atom. The van der Waals surface area contributed by atoms with Crippen LogP contribution in [0.25, 0.3) is 32.9 Å². The number of aryl methyl sites for hydroxylation is 3. The lowest BCUT2D eigenvalue weighted by molar-refractivity contribution is 0.656. The monoisotopic (exact) mass is 325 g/mol. The number of benzene rings is 3. The highest BCUT2D eigenvalue weighted by Gasteiger charge is 2.37. The van der Waals surface area contributed by atoms with Crippen LogP contribution >= 0.6 is 0 Å². The third-order valence-electron chi connectivity index (χ3n) is 6.26. The minimum Gasteiger partial charge on any atom is -0.343 e. The summed E-state index contributed by atoms with van der Waals surface area (Å²) in [6.45, 7) is 9.25. The van der Waals surface area contributed by atoms with Crippen LogP contribution in [-0.2, 0) is 12.5 Å². The second-order valence-corrected chi connectivity index (χ2v) is 8.02. The van der Waals surface area contributed by atoms with Crippen molar-refractivity contribution in [2.75, 3.05) is 0 Å². The average molecular weight is 325 g/mol. The Balaban J connectivity index is 2.04. The van der Waals surface area contributed by atoms with Gasteiger partial charge in [0.15, 0.2) is 0 Å². The summed E-state index contributed by atoms with van der Waals surface area (Å²) in [5.41, 5.74) is 11.3. The van der Waals surface area contributed by atoms with Crippen molar-refractivity contribution in [3.8, 4) is 11.1 Å². The third-order valence-corrected chi connectivity index (χ3v) is 6.26. The lowest BCUT2D eigenvalue weighted by atomic mass is 9.80. The van der Waals surface area contributed by atoms with E-state index in [0.717, 1.165) is 0 Å². The zero-order valence-electron chi connectivity index (χ0n) is 15.6. The highest BCUT2D eigenvalue weighted by Crippen LogP contribution is 2.52. The van der Waals surface area contributed by atoms with Crippen molar-refractivity contribution in [2.45, 2.75) is 33.1 Å². The van der Waals surface area contributed by atoms with Gasteiger partial charge in [0.25, 0.3) is 0 Å². The molecule has 4 aromatic rings. The zero-order chi connectivity index (χ0) is 17.5. The number of rotatable bonds is 0. The molecule has 0 unspecified atom stereocenters. The Morgan fingerprint density at radius 1 is 0.800 bits per heavy atom. The molecule has 0 radical (unpaired) electrons. The molecule has 1 aliphatic carbocycles. The number of aromatic nitrogens is 1. The van der Waals surface area contributed by atoms with Gasteiger partial charge in [-0.1, -0.05) is 56.3 Å². The fourth-order valence-electron chi connectivity index (χ4n) is 5.29. The highest BCUT2D eigenvalue weighted by molar-refractivity contribution is 6.12. The van der Waals surface area contributed by atoms with E-state index < -0.39 is 0 Å². The zero-order valence-corrected chi connectivity index (χ0v) is 15.6. The van der Waals surface area contributed by atoms with Crippen molar-refractivity contribution in [3.63, 3.8) is 0 Å². The molecule has 0 saturated heterocycles. The van der Waals surface area contributed by atoms with Gasteiger partial charge in [-0.05, 0) is 53.3 Å². The molecule has 0 aliphatic heterocycles. The molecule has 0 atom stereocenters. The maximum atomic E-state index is 2.44. The van der Waals surface area contributed by atoms with E-state index in [0.29, 0.717) is 0 Å². The maximum absolute atomic E-state index is 2.44. The molecule has 1 nitrogen and oxygen atoms in total. The van der Waals surface area contributed by atoms with Gasteiger partial charge < -0.3 is 4.57 Å². The molecule has 5 rings (SSSR count). The molecule has 0 fully saturated rings. The topological polar surface area (TPSA) is 4.93 Å². The van der Waals surface area contributed by atoms with Gasteiger partial charge in [0.1, 0.15) is 0 Å². The molecule has 0 spiro atoms. The van der Waals surface area contributed by atoms with Crippen molar-refractivity contribution in [3.05, 3.63) is 70.8 Å². The fourth-order valence-corrected chi connectivity index (χ4v) is 5.29. The van der Waals surface area contributed by atoms with E-state index in [1.807, 2.05) is 0 Å². The first-order valence-corrected chi connectivity index (χ1v) is 9.04. The molecule has 1 heterocycles. The van der Waals surface area contributed by atoms with Gasteiger partial charge in [0, 0.05) is 23.2 Å². The summed E-state index contributed by atoms with van der Waals surface area (Å²) < 4.78 is 2.40. The van der Waals surface area contributed by atoms with Crippen LogP contribution in [0.3, 0.4) is 0 Å². The number of hydrogen-bond donors (Lipinski definition) is 0. The normalized spacial score (nSPS) is 14.9. The summed E-state index contributed by atoms with van der Waals surface area (Å²) in [4.78, 5) is 0. The predicted molar refractivity (Wildman–Crippen MR) is 107 cm³/mol. The van der Waals surface area contributed by atoms with Crippen LogP contribution in [0, 0.1) is 13.8 Å². The molecule has 0 saturated carbocycles. The van der Waals surface area contributed by atoms with Crippen molar-refractivity contribution in [1.82, 2.24) is 4.57 Å². The molecular weight excluding hydrogens is 302 g/mol. The lowest BCUT2D eigenvalue weighted by Gasteiger charge is -2.24. The quantitative estimate of drug-likeness (QED) is 0.360. The molecule has 3 aromatic carbocycles. The Labute approximate surface area is 148 Å². The summed E-state index contributed by atoms with van der Waals surface area (Å²) in [7, 11) is 2.21. The maximum Gasteiger partial charge on any atom is 0.0522 e. The number of para-hydroxylation sites is 1. The van der Waals surface area contributed by atoms with Crippen LogP contribution in [0.15, 0.2) is 48.5 Å². The second kappa shape index (κ2) is 4.54. The first-order valence-electron chi connectivity index (χ1n) is 9.04. The first kappa shape index (κ1) is 14.8. The van der Waals surface area contributed by atoms with Gasteiger partial charge in [-0.15, -0.1) is 0 Å². The smallest absolute Gasteiger partial charge is 0.0522 e.